The van der Waals surface area contributed by atoms with Crippen LogP contribution < -0.4 is 5.73 Å². The molecule has 0 radical (unpaired) electrons. The zero-order valence-corrected chi connectivity index (χ0v) is 10.0. The van der Waals surface area contributed by atoms with Crippen molar-refractivity contribution in [2.45, 2.75) is 31.9 Å². The fourth-order valence-electron chi connectivity index (χ4n) is 1.28. The van der Waals surface area contributed by atoms with Crippen molar-refractivity contribution in [1.82, 2.24) is 0 Å². The van der Waals surface area contributed by atoms with Crippen molar-refractivity contribution in [3.05, 3.63) is 35.9 Å². The third-order valence-corrected chi connectivity index (χ3v) is 2.70. The van der Waals surface area contributed by atoms with Gasteiger partial charge in [-0.1, -0.05) is 37.3 Å². The van der Waals surface area contributed by atoms with Gasteiger partial charge in [0.15, 0.2) is 0 Å². The van der Waals surface area contributed by atoms with E-state index < -0.39 is 6.10 Å². The Bertz CT molecular complexity index is 298. The van der Waals surface area contributed by atoms with E-state index in [0.29, 0.717) is 6.61 Å². The Kier molecular flexibility index (Phi) is 4.93. The Labute approximate surface area is 97.2 Å². The molecule has 3 N–H and O–H groups in total. The first-order chi connectivity index (χ1) is 7.55. The van der Waals surface area contributed by atoms with Crippen molar-refractivity contribution in [2.24, 2.45) is 5.73 Å². The SMILES string of the molecule is CCC(C)(N)COCC(O)c1ccccc1. The molecule has 2 atom stereocenters. The summed E-state index contributed by atoms with van der Waals surface area (Å²) in [4.78, 5) is 0. The zero-order valence-electron chi connectivity index (χ0n) is 10.0. The Balaban J connectivity index is 2.34. The summed E-state index contributed by atoms with van der Waals surface area (Å²) >= 11 is 0. The van der Waals surface area contributed by atoms with Gasteiger partial charge >= 0.3 is 0 Å². The highest BCUT2D eigenvalue weighted by Crippen LogP contribution is 2.13. The van der Waals surface area contributed by atoms with Crippen molar-refractivity contribution in [3.63, 3.8) is 0 Å². The summed E-state index contributed by atoms with van der Waals surface area (Å²) in [5.41, 5.74) is 6.50. The maximum Gasteiger partial charge on any atom is 0.102 e. The van der Waals surface area contributed by atoms with E-state index in [-0.39, 0.29) is 12.1 Å². The number of benzene rings is 1. The number of hydrogen-bond acceptors (Lipinski definition) is 3. The molecule has 3 nitrogen and oxygen atoms in total. The number of ether oxygens (including phenoxy) is 1. The summed E-state index contributed by atoms with van der Waals surface area (Å²) < 4.78 is 5.43. The van der Waals surface area contributed by atoms with Gasteiger partial charge in [-0.2, -0.15) is 0 Å². The van der Waals surface area contributed by atoms with Crippen molar-refractivity contribution in [2.75, 3.05) is 13.2 Å². The van der Waals surface area contributed by atoms with Crippen molar-refractivity contribution in [1.29, 1.82) is 0 Å². The van der Waals surface area contributed by atoms with Crippen LogP contribution in [-0.4, -0.2) is 23.9 Å². The summed E-state index contributed by atoms with van der Waals surface area (Å²) in [7, 11) is 0. The van der Waals surface area contributed by atoms with E-state index in [2.05, 4.69) is 0 Å². The molecule has 0 aliphatic carbocycles. The second-order valence-electron chi connectivity index (χ2n) is 4.45. The molecule has 0 aliphatic rings. The van der Waals surface area contributed by atoms with E-state index in [9.17, 15) is 5.11 Å². The van der Waals surface area contributed by atoms with Gasteiger partial charge in [0.1, 0.15) is 6.10 Å². The minimum atomic E-state index is -0.575. The maximum atomic E-state index is 9.82. The van der Waals surface area contributed by atoms with Crippen LogP contribution in [0.1, 0.15) is 31.9 Å². The normalized spacial score (nSPS) is 16.8. The van der Waals surface area contributed by atoms with E-state index in [1.54, 1.807) is 0 Å². The Hall–Kier alpha value is -0.900. The van der Waals surface area contributed by atoms with Gasteiger partial charge in [-0.15, -0.1) is 0 Å². The van der Waals surface area contributed by atoms with Crippen molar-refractivity contribution in [3.8, 4) is 0 Å². The van der Waals surface area contributed by atoms with Gasteiger partial charge in [0.05, 0.1) is 13.2 Å². The molecule has 16 heavy (non-hydrogen) atoms. The average Bonchev–Trinajstić information content (AvgIpc) is 2.30. The fourth-order valence-corrected chi connectivity index (χ4v) is 1.28. The highest BCUT2D eigenvalue weighted by Gasteiger charge is 2.16. The predicted molar refractivity (Wildman–Crippen MR) is 65.1 cm³/mol. The monoisotopic (exact) mass is 223 g/mol. The van der Waals surface area contributed by atoms with Gasteiger partial charge in [0.25, 0.3) is 0 Å². The lowest BCUT2D eigenvalue weighted by Crippen LogP contribution is -2.40. The minimum Gasteiger partial charge on any atom is -0.386 e. The van der Waals surface area contributed by atoms with Crippen LogP contribution in [0.5, 0.6) is 0 Å². The third kappa shape index (κ3) is 4.31. The van der Waals surface area contributed by atoms with Gasteiger partial charge in [0, 0.05) is 5.54 Å². The van der Waals surface area contributed by atoms with Crippen LogP contribution in [0.3, 0.4) is 0 Å². The number of hydrogen-bond donors (Lipinski definition) is 2. The molecule has 0 amide bonds. The molecule has 0 saturated carbocycles. The van der Waals surface area contributed by atoms with Crippen LogP contribution in [0, 0.1) is 0 Å². The van der Waals surface area contributed by atoms with E-state index in [0.717, 1.165) is 12.0 Å². The summed E-state index contributed by atoms with van der Waals surface area (Å²) in [5, 5.41) is 9.82. The van der Waals surface area contributed by atoms with E-state index in [4.69, 9.17) is 10.5 Å². The van der Waals surface area contributed by atoms with E-state index >= 15 is 0 Å². The molecule has 1 aromatic rings. The summed E-state index contributed by atoms with van der Waals surface area (Å²) in [6, 6.07) is 9.49. The molecule has 1 rings (SSSR count). The molecule has 0 saturated heterocycles. The number of rotatable bonds is 6. The maximum absolute atomic E-state index is 9.82. The lowest BCUT2D eigenvalue weighted by molar-refractivity contribution is 0.0160. The molecule has 0 bridgehead atoms. The molecule has 0 heterocycles. The van der Waals surface area contributed by atoms with Crippen LogP contribution >= 0.6 is 0 Å². The van der Waals surface area contributed by atoms with Gasteiger partial charge in [0.2, 0.25) is 0 Å². The van der Waals surface area contributed by atoms with Crippen molar-refractivity contribution >= 4 is 0 Å². The van der Waals surface area contributed by atoms with Crippen LogP contribution in [0.15, 0.2) is 30.3 Å². The summed E-state index contributed by atoms with van der Waals surface area (Å²) in [6.45, 7) is 4.73. The zero-order chi connectivity index (χ0) is 12.0. The molecule has 0 aliphatic heterocycles. The quantitative estimate of drug-likeness (QED) is 0.774. The first-order valence-corrected chi connectivity index (χ1v) is 5.65. The van der Waals surface area contributed by atoms with Crippen molar-refractivity contribution < 1.29 is 9.84 Å². The van der Waals surface area contributed by atoms with Gasteiger partial charge in [-0.05, 0) is 18.9 Å². The lowest BCUT2D eigenvalue weighted by Gasteiger charge is -2.23. The Morgan fingerprint density at radius 2 is 2.00 bits per heavy atom. The number of aliphatic hydroxyl groups is 1. The molecule has 2 unspecified atom stereocenters. The predicted octanol–water partition coefficient (Wildman–Crippen LogP) is 1.86. The molecule has 0 aromatic heterocycles. The average molecular weight is 223 g/mol. The number of aliphatic hydroxyl groups excluding tert-OH is 1. The second kappa shape index (κ2) is 5.99. The Morgan fingerprint density at radius 1 is 1.38 bits per heavy atom. The van der Waals surface area contributed by atoms with Crippen LogP contribution in [-0.2, 0) is 4.74 Å². The smallest absolute Gasteiger partial charge is 0.102 e. The largest absolute Gasteiger partial charge is 0.386 e. The highest BCUT2D eigenvalue weighted by atomic mass is 16.5. The van der Waals surface area contributed by atoms with Gasteiger partial charge < -0.3 is 15.6 Å². The Morgan fingerprint density at radius 3 is 2.56 bits per heavy atom. The standard InChI is InChI=1S/C13H21NO2/c1-3-13(2,14)10-16-9-12(15)11-7-5-4-6-8-11/h4-8,12,15H,3,9-10,14H2,1-2H3. The first kappa shape index (κ1) is 13.2. The summed E-state index contributed by atoms with van der Waals surface area (Å²) in [5.74, 6) is 0. The highest BCUT2D eigenvalue weighted by molar-refractivity contribution is 5.17. The molecule has 0 fully saturated rings. The topological polar surface area (TPSA) is 55.5 Å². The van der Waals surface area contributed by atoms with E-state index in [1.165, 1.54) is 0 Å². The fraction of sp³-hybridized carbons (Fsp3) is 0.538. The molecule has 3 heteroatoms. The van der Waals surface area contributed by atoms with E-state index in [1.807, 2.05) is 44.2 Å². The molecular formula is C13H21NO2. The third-order valence-electron chi connectivity index (χ3n) is 2.70. The second-order valence-corrected chi connectivity index (χ2v) is 4.45. The van der Waals surface area contributed by atoms with Crippen LogP contribution in [0.2, 0.25) is 0 Å². The van der Waals surface area contributed by atoms with Crippen LogP contribution in [0.4, 0.5) is 0 Å². The van der Waals surface area contributed by atoms with Gasteiger partial charge in [-0.3, -0.25) is 0 Å². The molecule has 1 aromatic carbocycles. The molecule has 0 spiro atoms. The minimum absolute atomic E-state index is 0.288. The van der Waals surface area contributed by atoms with Crippen LogP contribution in [0.25, 0.3) is 0 Å². The van der Waals surface area contributed by atoms with Gasteiger partial charge in [-0.25, -0.2) is 0 Å². The number of nitrogens with two attached hydrogens (primary N) is 1. The summed E-state index contributed by atoms with van der Waals surface area (Å²) in [6.07, 6.45) is 0.280. The molecule has 90 valence electrons. The molecular weight excluding hydrogens is 202 g/mol. The first-order valence-electron chi connectivity index (χ1n) is 5.65. The lowest BCUT2D eigenvalue weighted by atomic mass is 10.0.